The lowest BCUT2D eigenvalue weighted by Crippen LogP contribution is -2.22. The number of fused-ring (bicyclic) bond motifs is 1. The zero-order valence-electron chi connectivity index (χ0n) is 18.4. The number of halogens is 1. The van der Waals surface area contributed by atoms with Gasteiger partial charge in [-0.05, 0) is 54.3 Å². The van der Waals surface area contributed by atoms with Gasteiger partial charge in [0.25, 0.3) is 0 Å². The van der Waals surface area contributed by atoms with Crippen molar-refractivity contribution in [3.8, 4) is 0 Å². The molecule has 0 aliphatic heterocycles. The molecule has 1 heterocycles. The van der Waals surface area contributed by atoms with Crippen molar-refractivity contribution in [2.24, 2.45) is 0 Å². The molecule has 0 bridgehead atoms. The predicted octanol–water partition coefficient (Wildman–Crippen LogP) is 4.49. The molecule has 0 saturated carbocycles. The number of carbonyl (C=O) groups excluding carboxylic acids is 1. The van der Waals surface area contributed by atoms with Gasteiger partial charge in [0.05, 0.1) is 15.5 Å². The van der Waals surface area contributed by atoms with E-state index in [0.29, 0.717) is 16.5 Å². The van der Waals surface area contributed by atoms with Gasteiger partial charge in [-0.2, -0.15) is 0 Å². The third-order valence-electron chi connectivity index (χ3n) is 5.13. The monoisotopic (exact) mass is 477 g/mol. The zero-order valence-corrected chi connectivity index (χ0v) is 20.0. The van der Waals surface area contributed by atoms with Crippen LogP contribution in [0.3, 0.4) is 0 Å². The summed E-state index contributed by atoms with van der Waals surface area (Å²) in [5.41, 5.74) is 2.33. The number of esters is 1. The van der Waals surface area contributed by atoms with Gasteiger partial charge in [-0.15, -0.1) is 0 Å². The lowest BCUT2D eigenvalue weighted by molar-refractivity contribution is 0.0473. The number of hydrogen-bond donors (Lipinski definition) is 0. The van der Waals surface area contributed by atoms with Crippen molar-refractivity contribution in [1.29, 1.82) is 0 Å². The van der Waals surface area contributed by atoms with Crippen LogP contribution in [-0.2, 0) is 21.4 Å². The first-order valence-corrected chi connectivity index (χ1v) is 11.7. The SMILES string of the molecule is Cc1cc2oc(=O)cc(COC(=O)c3cc(S(=O)(=O)N(C)C)ccc3Cl)c2cc1C(C)C. The van der Waals surface area contributed by atoms with Crippen LogP contribution in [0, 0.1) is 6.92 Å². The normalized spacial score (nSPS) is 12.0. The van der Waals surface area contributed by atoms with E-state index in [1.165, 1.54) is 38.4 Å². The Bertz CT molecular complexity index is 1360. The maximum Gasteiger partial charge on any atom is 0.340 e. The minimum atomic E-state index is -3.76. The molecule has 7 nitrogen and oxygen atoms in total. The van der Waals surface area contributed by atoms with Gasteiger partial charge in [-0.1, -0.05) is 25.4 Å². The molecule has 3 rings (SSSR count). The second-order valence-corrected chi connectivity index (χ2v) is 10.5. The van der Waals surface area contributed by atoms with Gasteiger partial charge in [0.1, 0.15) is 12.2 Å². The van der Waals surface area contributed by atoms with Crippen molar-refractivity contribution >= 4 is 38.6 Å². The summed E-state index contributed by atoms with van der Waals surface area (Å²) in [5.74, 6) is -0.551. The van der Waals surface area contributed by atoms with E-state index >= 15 is 0 Å². The fourth-order valence-corrected chi connectivity index (χ4v) is 4.51. The second kappa shape index (κ2) is 9.05. The molecule has 0 saturated heterocycles. The summed E-state index contributed by atoms with van der Waals surface area (Å²) in [5, 5.41) is 0.726. The molecule has 0 amide bonds. The van der Waals surface area contributed by atoms with Crippen LogP contribution in [0.2, 0.25) is 5.02 Å². The van der Waals surface area contributed by atoms with Crippen LogP contribution >= 0.6 is 11.6 Å². The van der Waals surface area contributed by atoms with Gasteiger partial charge in [0.2, 0.25) is 10.0 Å². The van der Waals surface area contributed by atoms with Gasteiger partial charge in [0.15, 0.2) is 0 Å². The van der Waals surface area contributed by atoms with Crippen LogP contribution in [0.1, 0.15) is 46.8 Å². The Morgan fingerprint density at radius 3 is 2.47 bits per heavy atom. The Morgan fingerprint density at radius 2 is 1.84 bits per heavy atom. The van der Waals surface area contributed by atoms with Gasteiger partial charge in [0, 0.05) is 31.1 Å². The molecule has 170 valence electrons. The van der Waals surface area contributed by atoms with Gasteiger partial charge in [-0.3, -0.25) is 0 Å². The van der Waals surface area contributed by atoms with Gasteiger partial charge in [-0.25, -0.2) is 22.3 Å². The molecule has 9 heteroatoms. The zero-order chi connectivity index (χ0) is 23.8. The largest absolute Gasteiger partial charge is 0.457 e. The highest BCUT2D eigenvalue weighted by Crippen LogP contribution is 2.28. The topological polar surface area (TPSA) is 93.9 Å². The summed E-state index contributed by atoms with van der Waals surface area (Å²) in [6.07, 6.45) is 0. The molecule has 0 N–H and O–H groups in total. The van der Waals surface area contributed by atoms with Crippen LogP contribution in [-0.4, -0.2) is 32.8 Å². The Labute approximate surface area is 191 Å². The lowest BCUT2D eigenvalue weighted by atomic mass is 9.95. The second-order valence-electron chi connectivity index (χ2n) is 7.96. The Morgan fingerprint density at radius 1 is 1.16 bits per heavy atom. The van der Waals surface area contributed by atoms with Crippen molar-refractivity contribution < 1.29 is 22.4 Å². The summed E-state index contributed by atoms with van der Waals surface area (Å²) in [7, 11) is -0.975. The van der Waals surface area contributed by atoms with Crippen molar-refractivity contribution in [3.63, 3.8) is 0 Å². The van der Waals surface area contributed by atoms with E-state index in [1.54, 1.807) is 6.07 Å². The van der Waals surface area contributed by atoms with Crippen molar-refractivity contribution in [3.05, 3.63) is 74.1 Å². The summed E-state index contributed by atoms with van der Waals surface area (Å²) in [6, 6.07) is 8.84. The Balaban J connectivity index is 1.96. The van der Waals surface area contributed by atoms with Gasteiger partial charge < -0.3 is 9.15 Å². The highest BCUT2D eigenvalue weighted by molar-refractivity contribution is 7.89. The van der Waals surface area contributed by atoms with Crippen LogP contribution in [0.15, 0.2) is 50.5 Å². The van der Waals surface area contributed by atoms with Crippen LogP contribution in [0.25, 0.3) is 11.0 Å². The molecule has 32 heavy (non-hydrogen) atoms. The van der Waals surface area contributed by atoms with E-state index in [4.69, 9.17) is 20.8 Å². The summed E-state index contributed by atoms with van der Waals surface area (Å²) in [6.45, 7) is 5.86. The first-order valence-electron chi connectivity index (χ1n) is 9.88. The van der Waals surface area contributed by atoms with Gasteiger partial charge >= 0.3 is 11.6 Å². The molecule has 1 aromatic heterocycles. The van der Waals surface area contributed by atoms with Crippen LogP contribution < -0.4 is 5.63 Å². The van der Waals surface area contributed by atoms with E-state index in [0.717, 1.165) is 15.4 Å². The minimum Gasteiger partial charge on any atom is -0.457 e. The van der Waals surface area contributed by atoms with Crippen molar-refractivity contribution in [2.75, 3.05) is 14.1 Å². The fraction of sp³-hybridized carbons (Fsp3) is 0.304. The number of ether oxygens (including phenoxy) is 1. The maximum absolute atomic E-state index is 12.7. The van der Waals surface area contributed by atoms with Crippen molar-refractivity contribution in [1.82, 2.24) is 4.31 Å². The van der Waals surface area contributed by atoms with E-state index in [1.807, 2.05) is 13.0 Å². The molecule has 0 spiro atoms. The molecular formula is C23H24ClNO6S. The number of rotatable bonds is 6. The number of sulfonamides is 1. The minimum absolute atomic E-state index is 0.0582. The number of carbonyl (C=O) groups is 1. The van der Waals surface area contributed by atoms with Crippen LogP contribution in [0.4, 0.5) is 0 Å². The van der Waals surface area contributed by atoms with Crippen molar-refractivity contribution in [2.45, 2.75) is 38.2 Å². The maximum atomic E-state index is 12.7. The molecule has 0 aliphatic carbocycles. The average Bonchev–Trinajstić information content (AvgIpc) is 2.70. The molecule has 2 aromatic carbocycles. The highest BCUT2D eigenvalue weighted by Gasteiger charge is 2.22. The molecule has 0 fully saturated rings. The Hall–Kier alpha value is -2.68. The van der Waals surface area contributed by atoms with E-state index < -0.39 is 21.6 Å². The number of benzene rings is 2. The smallest absolute Gasteiger partial charge is 0.340 e. The fourth-order valence-electron chi connectivity index (χ4n) is 3.39. The first kappa shape index (κ1) is 24.0. The number of aryl methyl sites for hydroxylation is 1. The number of hydrogen-bond acceptors (Lipinski definition) is 6. The quantitative estimate of drug-likeness (QED) is 0.383. The molecule has 0 unspecified atom stereocenters. The third-order valence-corrected chi connectivity index (χ3v) is 7.27. The highest BCUT2D eigenvalue weighted by atomic mass is 35.5. The Kier molecular flexibility index (Phi) is 6.78. The summed E-state index contributed by atoms with van der Waals surface area (Å²) in [4.78, 5) is 24.7. The summed E-state index contributed by atoms with van der Waals surface area (Å²) >= 11 is 6.12. The molecule has 0 atom stereocenters. The summed E-state index contributed by atoms with van der Waals surface area (Å²) < 4.78 is 36.5. The third kappa shape index (κ3) is 4.72. The van der Waals surface area contributed by atoms with E-state index in [-0.39, 0.29) is 28.0 Å². The lowest BCUT2D eigenvalue weighted by Gasteiger charge is -2.14. The first-order chi connectivity index (χ1) is 14.9. The standard InChI is InChI=1S/C23H24ClNO6S/c1-13(2)17-11-18-15(9-22(26)31-21(18)8-14(17)3)12-30-23(27)19-10-16(6-7-20(19)24)32(28,29)25(4)5/h6-11,13H,12H2,1-5H3. The molecule has 0 aliphatic rings. The predicted molar refractivity (Wildman–Crippen MR) is 123 cm³/mol. The van der Waals surface area contributed by atoms with E-state index in [2.05, 4.69) is 13.8 Å². The molecule has 0 radical (unpaired) electrons. The van der Waals surface area contributed by atoms with E-state index in [9.17, 15) is 18.0 Å². The molecular weight excluding hydrogens is 454 g/mol. The average molecular weight is 478 g/mol. The number of nitrogens with zero attached hydrogens (tertiary/aromatic N) is 1. The molecule has 3 aromatic rings. The van der Waals surface area contributed by atoms with Crippen LogP contribution in [0.5, 0.6) is 0 Å².